The number of ether oxygens (including phenoxy) is 1. The van der Waals surface area contributed by atoms with Crippen LogP contribution in [-0.4, -0.2) is 53.6 Å². The van der Waals surface area contributed by atoms with Gasteiger partial charge in [-0.15, -0.1) is 0 Å². The summed E-state index contributed by atoms with van der Waals surface area (Å²) in [6.07, 6.45) is -2.68. The van der Waals surface area contributed by atoms with Crippen LogP contribution < -0.4 is 0 Å². The Morgan fingerprint density at radius 2 is 2.08 bits per heavy atom. The van der Waals surface area contributed by atoms with Crippen LogP contribution in [0, 0.1) is 0 Å². The van der Waals surface area contributed by atoms with Crippen molar-refractivity contribution in [3.8, 4) is 0 Å². The van der Waals surface area contributed by atoms with Gasteiger partial charge in [-0.25, -0.2) is 0 Å². The molecule has 72 valence electrons. The maximum atomic E-state index is 10.1. The average Bonchev–Trinajstić information content (AvgIpc) is 2.11. The lowest BCUT2D eigenvalue weighted by atomic mass is 10.1. The summed E-state index contributed by atoms with van der Waals surface area (Å²) in [5.41, 5.74) is 0. The molecule has 0 saturated heterocycles. The van der Waals surface area contributed by atoms with E-state index in [1.54, 1.807) is 0 Å². The number of rotatable bonds is 6. The van der Waals surface area contributed by atoms with Crippen LogP contribution in [0.15, 0.2) is 0 Å². The molecule has 3 atom stereocenters. The second-order valence-electron chi connectivity index (χ2n) is 2.42. The minimum atomic E-state index is -1.27. The summed E-state index contributed by atoms with van der Waals surface area (Å²) in [5.74, 6) is 0. The van der Waals surface area contributed by atoms with Crippen molar-refractivity contribution in [2.24, 2.45) is 0 Å². The third-order valence-corrected chi connectivity index (χ3v) is 1.59. The highest BCUT2D eigenvalue weighted by Crippen LogP contribution is 2.06. The third kappa shape index (κ3) is 3.27. The first kappa shape index (κ1) is 11.5. The first-order valence-corrected chi connectivity index (χ1v) is 3.60. The van der Waals surface area contributed by atoms with Crippen LogP contribution in [0.3, 0.4) is 0 Å². The summed E-state index contributed by atoms with van der Waals surface area (Å²) in [7, 11) is 1.32. The molecule has 0 aromatic heterocycles. The van der Waals surface area contributed by atoms with Crippen molar-refractivity contribution in [1.29, 1.82) is 0 Å². The van der Waals surface area contributed by atoms with E-state index >= 15 is 0 Å². The second-order valence-corrected chi connectivity index (χ2v) is 2.42. The molecule has 0 spiro atoms. The first-order valence-electron chi connectivity index (χ1n) is 3.60. The number of carbonyl (C=O) groups excluding carboxylic acids is 1. The van der Waals surface area contributed by atoms with E-state index in [1.165, 1.54) is 7.11 Å². The topological polar surface area (TPSA) is 87.0 Å². The van der Waals surface area contributed by atoms with Crippen LogP contribution in [0.5, 0.6) is 0 Å². The second kappa shape index (κ2) is 6.07. The van der Waals surface area contributed by atoms with Gasteiger partial charge in [-0.3, -0.25) is 0 Å². The Bertz CT molecular complexity index is 127. The average molecular weight is 178 g/mol. The van der Waals surface area contributed by atoms with Crippen LogP contribution in [-0.2, 0) is 9.53 Å². The lowest BCUT2D eigenvalue weighted by molar-refractivity contribution is -0.118. The molecule has 0 heterocycles. The van der Waals surface area contributed by atoms with Gasteiger partial charge >= 0.3 is 0 Å². The van der Waals surface area contributed by atoms with E-state index in [2.05, 4.69) is 0 Å². The zero-order chi connectivity index (χ0) is 9.56. The van der Waals surface area contributed by atoms with Gasteiger partial charge in [-0.1, -0.05) is 0 Å². The van der Waals surface area contributed by atoms with Crippen molar-refractivity contribution in [2.45, 2.75) is 24.7 Å². The van der Waals surface area contributed by atoms with Crippen molar-refractivity contribution in [3.05, 3.63) is 0 Å². The molecule has 0 rings (SSSR count). The summed E-state index contributed by atoms with van der Waals surface area (Å²) >= 11 is 0. The number of hydrogen-bond donors (Lipinski definition) is 3. The molecule has 0 fully saturated rings. The highest BCUT2D eigenvalue weighted by atomic mass is 16.5. The number of hydrogen-bond acceptors (Lipinski definition) is 5. The highest BCUT2D eigenvalue weighted by molar-refractivity contribution is 5.50. The van der Waals surface area contributed by atoms with E-state index in [9.17, 15) is 9.90 Å². The van der Waals surface area contributed by atoms with Crippen LogP contribution in [0.1, 0.15) is 6.42 Å². The number of aliphatic hydroxyl groups is 3. The van der Waals surface area contributed by atoms with Gasteiger partial charge in [0.05, 0.1) is 12.7 Å². The lowest BCUT2D eigenvalue weighted by Gasteiger charge is -2.22. The number of methoxy groups -OCH3 is 1. The van der Waals surface area contributed by atoms with Crippen molar-refractivity contribution >= 4 is 6.29 Å². The molecule has 0 radical (unpaired) electrons. The molecule has 0 aliphatic carbocycles. The Kier molecular flexibility index (Phi) is 5.83. The van der Waals surface area contributed by atoms with Gasteiger partial charge in [0.15, 0.2) is 0 Å². The first-order chi connectivity index (χ1) is 5.67. The standard InChI is InChI=1S/C7H14O5/c1-12-6(2-3-8)7(11)5(10)4-9/h3,5-7,9-11H,2,4H2,1H3/t5-,6-,7-/m1/s1. The molecule has 0 amide bonds. The molecular weight excluding hydrogens is 164 g/mol. The van der Waals surface area contributed by atoms with Crippen LogP contribution in [0.25, 0.3) is 0 Å². The van der Waals surface area contributed by atoms with E-state index in [4.69, 9.17) is 14.9 Å². The number of aldehydes is 1. The molecule has 0 aromatic carbocycles. The van der Waals surface area contributed by atoms with Gasteiger partial charge in [0.1, 0.15) is 18.5 Å². The highest BCUT2D eigenvalue weighted by Gasteiger charge is 2.25. The summed E-state index contributed by atoms with van der Waals surface area (Å²) < 4.78 is 4.72. The molecule has 0 unspecified atom stereocenters. The van der Waals surface area contributed by atoms with E-state index in [-0.39, 0.29) is 6.42 Å². The molecule has 5 heteroatoms. The lowest BCUT2D eigenvalue weighted by Crippen LogP contribution is -2.40. The molecular formula is C7H14O5. The minimum Gasteiger partial charge on any atom is -0.394 e. The Morgan fingerprint density at radius 1 is 1.50 bits per heavy atom. The van der Waals surface area contributed by atoms with E-state index < -0.39 is 24.9 Å². The predicted molar refractivity (Wildman–Crippen MR) is 40.6 cm³/mol. The van der Waals surface area contributed by atoms with E-state index in [1.807, 2.05) is 0 Å². The summed E-state index contributed by atoms with van der Waals surface area (Å²) in [4.78, 5) is 10.1. The summed E-state index contributed by atoms with van der Waals surface area (Å²) in [6.45, 7) is -0.556. The van der Waals surface area contributed by atoms with E-state index in [0.717, 1.165) is 0 Å². The van der Waals surface area contributed by atoms with Gasteiger partial charge in [-0.05, 0) is 0 Å². The largest absolute Gasteiger partial charge is 0.394 e. The number of aliphatic hydroxyl groups excluding tert-OH is 3. The van der Waals surface area contributed by atoms with Gasteiger partial charge in [0.2, 0.25) is 0 Å². The van der Waals surface area contributed by atoms with Crippen molar-refractivity contribution in [1.82, 2.24) is 0 Å². The molecule has 0 bridgehead atoms. The van der Waals surface area contributed by atoms with Gasteiger partial charge in [0, 0.05) is 13.5 Å². The number of carbonyl (C=O) groups is 1. The van der Waals surface area contributed by atoms with Crippen molar-refractivity contribution in [3.63, 3.8) is 0 Å². The molecule has 0 aliphatic rings. The molecule has 0 aromatic rings. The fourth-order valence-electron chi connectivity index (χ4n) is 0.826. The Morgan fingerprint density at radius 3 is 2.42 bits per heavy atom. The Labute approximate surface area is 70.6 Å². The monoisotopic (exact) mass is 178 g/mol. The molecule has 12 heavy (non-hydrogen) atoms. The van der Waals surface area contributed by atoms with Crippen molar-refractivity contribution < 1.29 is 24.9 Å². The summed E-state index contributed by atoms with van der Waals surface area (Å²) in [6, 6.07) is 0. The predicted octanol–water partition coefficient (Wildman–Crippen LogP) is -1.70. The zero-order valence-corrected chi connectivity index (χ0v) is 6.88. The zero-order valence-electron chi connectivity index (χ0n) is 6.88. The fourth-order valence-corrected chi connectivity index (χ4v) is 0.826. The molecule has 3 N–H and O–H groups in total. The molecule has 0 aliphatic heterocycles. The smallest absolute Gasteiger partial charge is 0.122 e. The normalized spacial score (nSPS) is 18.3. The van der Waals surface area contributed by atoms with Gasteiger partial charge < -0.3 is 24.9 Å². The van der Waals surface area contributed by atoms with Crippen LogP contribution in [0.2, 0.25) is 0 Å². The minimum absolute atomic E-state index is 0.00523. The molecule has 0 saturated carbocycles. The maximum Gasteiger partial charge on any atom is 0.122 e. The Balaban J connectivity index is 3.99. The third-order valence-electron chi connectivity index (χ3n) is 1.59. The van der Waals surface area contributed by atoms with Crippen molar-refractivity contribution in [2.75, 3.05) is 13.7 Å². The van der Waals surface area contributed by atoms with Gasteiger partial charge in [0.25, 0.3) is 0 Å². The van der Waals surface area contributed by atoms with E-state index in [0.29, 0.717) is 6.29 Å². The quantitative estimate of drug-likeness (QED) is 0.422. The van der Waals surface area contributed by atoms with Gasteiger partial charge in [-0.2, -0.15) is 0 Å². The fraction of sp³-hybridized carbons (Fsp3) is 0.857. The Hall–Kier alpha value is -0.490. The SMILES string of the molecule is CO[C@H](CC=O)[C@H](O)[C@H](O)CO. The maximum absolute atomic E-state index is 10.1. The van der Waals surface area contributed by atoms with Crippen LogP contribution >= 0.6 is 0 Å². The molecule has 5 nitrogen and oxygen atoms in total. The summed E-state index contributed by atoms with van der Waals surface area (Å²) in [5, 5.41) is 26.6. The van der Waals surface area contributed by atoms with Crippen LogP contribution in [0.4, 0.5) is 0 Å².